The van der Waals surface area contributed by atoms with Gasteiger partial charge in [0.2, 0.25) is 0 Å². The molecule has 21 heavy (non-hydrogen) atoms. The maximum atomic E-state index is 6.04. The summed E-state index contributed by atoms with van der Waals surface area (Å²) in [5, 5.41) is 0. The summed E-state index contributed by atoms with van der Waals surface area (Å²) in [7, 11) is 0. The van der Waals surface area contributed by atoms with Crippen LogP contribution in [0, 0.1) is 0 Å². The van der Waals surface area contributed by atoms with Crippen molar-refractivity contribution < 1.29 is 0 Å². The standard InChI is InChI=1S/C18H22N2S/c19-14-18(20-10-12-21-13-11-20)17-8-6-16(7-9-17)15-4-2-1-3-5-15/h1-9,18H,10-14,19H2. The van der Waals surface area contributed by atoms with Crippen LogP contribution >= 0.6 is 11.8 Å². The number of hydrogen-bond acceptors (Lipinski definition) is 3. The molecule has 2 aromatic rings. The van der Waals surface area contributed by atoms with Gasteiger partial charge in [-0.15, -0.1) is 0 Å². The summed E-state index contributed by atoms with van der Waals surface area (Å²) >= 11 is 2.04. The number of nitrogens with two attached hydrogens (primary N) is 1. The third-order valence-corrected chi connectivity index (χ3v) is 5.05. The van der Waals surface area contributed by atoms with E-state index in [1.165, 1.54) is 28.2 Å². The molecular formula is C18H22N2S. The van der Waals surface area contributed by atoms with E-state index in [2.05, 4.69) is 59.5 Å². The highest BCUT2D eigenvalue weighted by molar-refractivity contribution is 7.99. The Balaban J connectivity index is 1.79. The minimum Gasteiger partial charge on any atom is -0.329 e. The van der Waals surface area contributed by atoms with Gasteiger partial charge in [0, 0.05) is 37.2 Å². The molecule has 3 rings (SSSR count). The number of hydrogen-bond donors (Lipinski definition) is 1. The van der Waals surface area contributed by atoms with Crippen molar-refractivity contribution in [3.05, 3.63) is 60.2 Å². The lowest BCUT2D eigenvalue weighted by Gasteiger charge is -2.34. The molecule has 0 bridgehead atoms. The molecule has 1 heterocycles. The second kappa shape index (κ2) is 7.12. The van der Waals surface area contributed by atoms with Gasteiger partial charge < -0.3 is 5.73 Å². The van der Waals surface area contributed by atoms with E-state index in [-0.39, 0.29) is 0 Å². The lowest BCUT2D eigenvalue weighted by Crippen LogP contribution is -2.39. The molecule has 2 aromatic carbocycles. The highest BCUT2D eigenvalue weighted by Gasteiger charge is 2.20. The molecule has 0 saturated carbocycles. The third-order valence-electron chi connectivity index (χ3n) is 4.11. The molecule has 1 fully saturated rings. The van der Waals surface area contributed by atoms with Crippen LogP contribution in [0.3, 0.4) is 0 Å². The fourth-order valence-corrected chi connectivity index (χ4v) is 3.84. The Morgan fingerprint density at radius 3 is 2.14 bits per heavy atom. The maximum absolute atomic E-state index is 6.04. The molecule has 2 nitrogen and oxygen atoms in total. The van der Waals surface area contributed by atoms with E-state index in [1.807, 2.05) is 11.8 Å². The molecule has 0 amide bonds. The molecular weight excluding hydrogens is 276 g/mol. The Kier molecular flexibility index (Phi) is 4.96. The van der Waals surface area contributed by atoms with Gasteiger partial charge in [-0.3, -0.25) is 4.90 Å². The van der Waals surface area contributed by atoms with Crippen LogP contribution in [0.25, 0.3) is 11.1 Å². The van der Waals surface area contributed by atoms with Gasteiger partial charge in [0.15, 0.2) is 0 Å². The van der Waals surface area contributed by atoms with Gasteiger partial charge in [-0.2, -0.15) is 11.8 Å². The normalized spacial score (nSPS) is 17.6. The van der Waals surface area contributed by atoms with E-state index in [4.69, 9.17) is 5.73 Å². The van der Waals surface area contributed by atoms with Gasteiger partial charge in [0.25, 0.3) is 0 Å². The molecule has 1 unspecified atom stereocenters. The van der Waals surface area contributed by atoms with E-state index in [9.17, 15) is 0 Å². The quantitative estimate of drug-likeness (QED) is 0.938. The van der Waals surface area contributed by atoms with Crippen LogP contribution in [-0.4, -0.2) is 36.0 Å². The van der Waals surface area contributed by atoms with E-state index >= 15 is 0 Å². The molecule has 3 heteroatoms. The smallest absolute Gasteiger partial charge is 0.0471 e. The van der Waals surface area contributed by atoms with Crippen molar-refractivity contribution in [3.63, 3.8) is 0 Å². The van der Waals surface area contributed by atoms with Crippen LogP contribution in [0.4, 0.5) is 0 Å². The summed E-state index contributed by atoms with van der Waals surface area (Å²) in [5.41, 5.74) is 9.91. The Labute approximate surface area is 131 Å². The molecule has 1 aliphatic rings. The molecule has 0 radical (unpaired) electrons. The zero-order valence-corrected chi connectivity index (χ0v) is 13.1. The van der Waals surface area contributed by atoms with E-state index in [0.717, 1.165) is 13.1 Å². The van der Waals surface area contributed by atoms with Crippen molar-refractivity contribution in [2.75, 3.05) is 31.1 Å². The van der Waals surface area contributed by atoms with Crippen LogP contribution < -0.4 is 5.73 Å². The molecule has 0 aliphatic carbocycles. The van der Waals surface area contributed by atoms with Gasteiger partial charge >= 0.3 is 0 Å². The molecule has 0 aromatic heterocycles. The Bertz CT molecular complexity index is 547. The Hall–Kier alpha value is -1.29. The first kappa shape index (κ1) is 14.6. The van der Waals surface area contributed by atoms with Crippen LogP contribution in [-0.2, 0) is 0 Å². The number of thioether (sulfide) groups is 1. The average molecular weight is 298 g/mol. The van der Waals surface area contributed by atoms with Crippen molar-refractivity contribution >= 4 is 11.8 Å². The summed E-state index contributed by atoms with van der Waals surface area (Å²) in [5.74, 6) is 2.44. The van der Waals surface area contributed by atoms with E-state index in [1.54, 1.807) is 0 Å². The summed E-state index contributed by atoms with van der Waals surface area (Å²) in [6, 6.07) is 19.8. The monoisotopic (exact) mass is 298 g/mol. The Morgan fingerprint density at radius 1 is 0.905 bits per heavy atom. The van der Waals surface area contributed by atoms with Crippen molar-refractivity contribution in [1.29, 1.82) is 0 Å². The fraction of sp³-hybridized carbons (Fsp3) is 0.333. The molecule has 0 spiro atoms. The molecule has 1 aliphatic heterocycles. The maximum Gasteiger partial charge on any atom is 0.0471 e. The third kappa shape index (κ3) is 3.49. The van der Waals surface area contributed by atoms with Crippen molar-refractivity contribution in [2.24, 2.45) is 5.73 Å². The summed E-state index contributed by atoms with van der Waals surface area (Å²) < 4.78 is 0. The first-order chi connectivity index (χ1) is 10.4. The second-order valence-corrected chi connectivity index (χ2v) is 6.61. The predicted octanol–water partition coefficient (Wildman–Crippen LogP) is 3.40. The Morgan fingerprint density at radius 2 is 1.52 bits per heavy atom. The first-order valence-electron chi connectivity index (χ1n) is 7.56. The fourth-order valence-electron chi connectivity index (χ4n) is 2.91. The molecule has 110 valence electrons. The lowest BCUT2D eigenvalue weighted by atomic mass is 10.00. The van der Waals surface area contributed by atoms with Crippen molar-refractivity contribution in [2.45, 2.75) is 6.04 Å². The molecule has 1 atom stereocenters. The number of rotatable bonds is 4. The van der Waals surface area contributed by atoms with Gasteiger partial charge in [0.1, 0.15) is 0 Å². The zero-order valence-electron chi connectivity index (χ0n) is 12.2. The predicted molar refractivity (Wildman–Crippen MR) is 92.6 cm³/mol. The molecule has 2 N–H and O–H groups in total. The van der Waals surface area contributed by atoms with E-state index in [0.29, 0.717) is 12.6 Å². The van der Waals surface area contributed by atoms with Crippen LogP contribution in [0.5, 0.6) is 0 Å². The summed E-state index contributed by atoms with van der Waals surface area (Å²) in [6.45, 7) is 2.98. The van der Waals surface area contributed by atoms with Crippen molar-refractivity contribution in [1.82, 2.24) is 4.90 Å². The van der Waals surface area contributed by atoms with Gasteiger partial charge in [-0.05, 0) is 16.7 Å². The van der Waals surface area contributed by atoms with Crippen LogP contribution in [0.15, 0.2) is 54.6 Å². The highest BCUT2D eigenvalue weighted by Crippen LogP contribution is 2.26. The van der Waals surface area contributed by atoms with Gasteiger partial charge in [-0.25, -0.2) is 0 Å². The zero-order chi connectivity index (χ0) is 14.5. The number of benzene rings is 2. The lowest BCUT2D eigenvalue weighted by molar-refractivity contribution is 0.223. The second-order valence-electron chi connectivity index (χ2n) is 5.39. The van der Waals surface area contributed by atoms with Gasteiger partial charge in [0.05, 0.1) is 0 Å². The molecule has 1 saturated heterocycles. The highest BCUT2D eigenvalue weighted by atomic mass is 32.2. The SMILES string of the molecule is NCC(c1ccc(-c2ccccc2)cc1)N1CCSCC1. The minimum absolute atomic E-state index is 0.357. The van der Waals surface area contributed by atoms with E-state index < -0.39 is 0 Å². The van der Waals surface area contributed by atoms with Gasteiger partial charge in [-0.1, -0.05) is 54.6 Å². The topological polar surface area (TPSA) is 29.3 Å². The average Bonchev–Trinajstić information content (AvgIpc) is 2.58. The van der Waals surface area contributed by atoms with Crippen molar-refractivity contribution in [3.8, 4) is 11.1 Å². The largest absolute Gasteiger partial charge is 0.329 e. The summed E-state index contributed by atoms with van der Waals surface area (Å²) in [6.07, 6.45) is 0. The number of nitrogens with zero attached hydrogens (tertiary/aromatic N) is 1. The summed E-state index contributed by atoms with van der Waals surface area (Å²) in [4.78, 5) is 2.52. The minimum atomic E-state index is 0.357. The van der Waals surface area contributed by atoms with Crippen LogP contribution in [0.1, 0.15) is 11.6 Å². The first-order valence-corrected chi connectivity index (χ1v) is 8.71. The van der Waals surface area contributed by atoms with Crippen LogP contribution in [0.2, 0.25) is 0 Å².